The highest BCUT2D eigenvalue weighted by Crippen LogP contribution is 2.34. The van der Waals surface area contributed by atoms with Gasteiger partial charge in [0.15, 0.2) is 11.5 Å². The van der Waals surface area contributed by atoms with Gasteiger partial charge in [-0.2, -0.15) is 0 Å². The van der Waals surface area contributed by atoms with E-state index in [1.807, 2.05) is 13.1 Å². The van der Waals surface area contributed by atoms with Crippen LogP contribution in [0.2, 0.25) is 5.02 Å². The fraction of sp³-hybridized carbons (Fsp3) is 0.571. The lowest BCUT2D eigenvalue weighted by atomic mass is 10.1. The van der Waals surface area contributed by atoms with Crippen LogP contribution in [0, 0.1) is 5.92 Å². The lowest BCUT2D eigenvalue weighted by molar-refractivity contribution is 0.270. The second kappa shape index (κ2) is 7.49. The molecule has 0 bridgehead atoms. The third-order valence-corrected chi connectivity index (χ3v) is 2.84. The van der Waals surface area contributed by atoms with E-state index < -0.39 is 0 Å². The van der Waals surface area contributed by atoms with E-state index in [1.54, 1.807) is 13.2 Å². The molecule has 1 aromatic carbocycles. The van der Waals surface area contributed by atoms with Crippen LogP contribution in [0.1, 0.15) is 25.8 Å². The first-order valence-corrected chi connectivity index (χ1v) is 6.60. The Kier molecular flexibility index (Phi) is 6.30. The predicted molar refractivity (Wildman–Crippen MR) is 75.7 cm³/mol. The Morgan fingerprint density at radius 3 is 2.61 bits per heavy atom. The van der Waals surface area contributed by atoms with E-state index in [0.29, 0.717) is 29.8 Å². The van der Waals surface area contributed by atoms with E-state index in [9.17, 15) is 0 Å². The molecule has 0 aromatic heterocycles. The minimum absolute atomic E-state index is 0.621. The van der Waals surface area contributed by atoms with Crippen LogP contribution in [0.25, 0.3) is 0 Å². The Labute approximate surface area is 114 Å². The largest absolute Gasteiger partial charge is 0.493 e. The van der Waals surface area contributed by atoms with E-state index in [1.165, 1.54) is 0 Å². The zero-order chi connectivity index (χ0) is 13.5. The second-order valence-electron chi connectivity index (χ2n) is 4.66. The summed E-state index contributed by atoms with van der Waals surface area (Å²) in [5.41, 5.74) is 1.02. The Bertz CT molecular complexity index is 380. The van der Waals surface area contributed by atoms with Gasteiger partial charge in [-0.15, -0.1) is 0 Å². The fourth-order valence-electron chi connectivity index (χ4n) is 1.66. The van der Waals surface area contributed by atoms with Crippen molar-refractivity contribution in [1.29, 1.82) is 0 Å². The van der Waals surface area contributed by atoms with Crippen LogP contribution in [0.15, 0.2) is 12.1 Å². The highest BCUT2D eigenvalue weighted by Gasteiger charge is 2.12. The Morgan fingerprint density at radius 2 is 2.06 bits per heavy atom. The molecule has 0 aliphatic carbocycles. The maximum Gasteiger partial charge on any atom is 0.165 e. The molecule has 18 heavy (non-hydrogen) atoms. The summed E-state index contributed by atoms with van der Waals surface area (Å²) in [5, 5.41) is 3.77. The van der Waals surface area contributed by atoms with Gasteiger partial charge in [-0.1, -0.05) is 25.4 Å². The molecule has 0 saturated carbocycles. The number of halogens is 1. The van der Waals surface area contributed by atoms with Crippen molar-refractivity contribution in [2.45, 2.75) is 26.8 Å². The van der Waals surface area contributed by atoms with Crippen molar-refractivity contribution in [3.05, 3.63) is 22.7 Å². The van der Waals surface area contributed by atoms with Gasteiger partial charge in [-0.25, -0.2) is 0 Å². The molecule has 3 nitrogen and oxygen atoms in total. The molecule has 1 N–H and O–H groups in total. The van der Waals surface area contributed by atoms with Gasteiger partial charge in [0.25, 0.3) is 0 Å². The number of methoxy groups -OCH3 is 1. The summed E-state index contributed by atoms with van der Waals surface area (Å²) in [5.74, 6) is 2.10. The Hall–Kier alpha value is -0.930. The summed E-state index contributed by atoms with van der Waals surface area (Å²) in [6.07, 6.45) is 1.02. The predicted octanol–water partition coefficient (Wildman–Crippen LogP) is 3.49. The van der Waals surface area contributed by atoms with E-state index in [-0.39, 0.29) is 0 Å². The van der Waals surface area contributed by atoms with Crippen molar-refractivity contribution in [1.82, 2.24) is 5.32 Å². The van der Waals surface area contributed by atoms with Gasteiger partial charge in [0, 0.05) is 23.2 Å². The van der Waals surface area contributed by atoms with Gasteiger partial charge in [0.1, 0.15) is 0 Å². The van der Waals surface area contributed by atoms with Gasteiger partial charge >= 0.3 is 0 Å². The molecule has 0 fully saturated rings. The molecule has 0 amide bonds. The molecule has 0 aliphatic rings. The van der Waals surface area contributed by atoms with Crippen LogP contribution in [-0.2, 0) is 6.54 Å². The standard InChI is InChI=1S/C14H22ClNO2/c1-10(2)5-6-18-14-11(9-16-3)7-12(15)8-13(14)17-4/h7-8,10,16H,5-6,9H2,1-4H3. The molecule has 102 valence electrons. The zero-order valence-electron chi connectivity index (χ0n) is 11.5. The summed E-state index contributed by atoms with van der Waals surface area (Å²) in [6.45, 7) is 5.74. The molecule has 0 unspecified atom stereocenters. The van der Waals surface area contributed by atoms with Crippen LogP contribution < -0.4 is 14.8 Å². The normalized spacial score (nSPS) is 10.8. The topological polar surface area (TPSA) is 30.5 Å². The number of hydrogen-bond donors (Lipinski definition) is 1. The number of ether oxygens (including phenoxy) is 2. The van der Waals surface area contributed by atoms with Crippen LogP contribution in [0.3, 0.4) is 0 Å². The minimum Gasteiger partial charge on any atom is -0.493 e. The van der Waals surface area contributed by atoms with Gasteiger partial charge in [0.05, 0.1) is 13.7 Å². The number of benzene rings is 1. The first-order valence-electron chi connectivity index (χ1n) is 6.22. The highest BCUT2D eigenvalue weighted by atomic mass is 35.5. The number of nitrogens with one attached hydrogen (secondary N) is 1. The molecule has 1 rings (SSSR count). The lowest BCUT2D eigenvalue weighted by Crippen LogP contribution is -2.10. The summed E-state index contributed by atoms with van der Waals surface area (Å²) in [6, 6.07) is 3.69. The highest BCUT2D eigenvalue weighted by molar-refractivity contribution is 6.30. The first kappa shape index (κ1) is 15.1. The number of hydrogen-bond acceptors (Lipinski definition) is 3. The van der Waals surface area contributed by atoms with Gasteiger partial charge in [-0.05, 0) is 25.5 Å². The molecule has 0 aliphatic heterocycles. The number of rotatable bonds is 7. The molecule has 0 spiro atoms. The maximum absolute atomic E-state index is 6.06. The zero-order valence-corrected chi connectivity index (χ0v) is 12.3. The molecule has 0 saturated heterocycles. The molecule has 0 heterocycles. The van der Waals surface area contributed by atoms with Crippen molar-refractivity contribution in [2.75, 3.05) is 20.8 Å². The van der Waals surface area contributed by atoms with Crippen molar-refractivity contribution >= 4 is 11.6 Å². The fourth-order valence-corrected chi connectivity index (χ4v) is 1.89. The average molecular weight is 272 g/mol. The van der Waals surface area contributed by atoms with E-state index in [2.05, 4.69) is 19.2 Å². The summed E-state index contributed by atoms with van der Waals surface area (Å²) in [7, 11) is 3.52. The molecular formula is C14H22ClNO2. The average Bonchev–Trinajstić information content (AvgIpc) is 2.31. The molecule has 0 radical (unpaired) electrons. The van der Waals surface area contributed by atoms with Crippen LogP contribution in [-0.4, -0.2) is 20.8 Å². The quantitative estimate of drug-likeness (QED) is 0.823. The summed E-state index contributed by atoms with van der Waals surface area (Å²) >= 11 is 6.06. The third kappa shape index (κ3) is 4.39. The van der Waals surface area contributed by atoms with Crippen molar-refractivity contribution < 1.29 is 9.47 Å². The first-order chi connectivity index (χ1) is 8.58. The third-order valence-electron chi connectivity index (χ3n) is 2.63. The van der Waals surface area contributed by atoms with E-state index in [4.69, 9.17) is 21.1 Å². The molecule has 4 heteroatoms. The summed E-state index contributed by atoms with van der Waals surface area (Å²) in [4.78, 5) is 0. The van der Waals surface area contributed by atoms with Crippen LogP contribution in [0.4, 0.5) is 0 Å². The van der Waals surface area contributed by atoms with Crippen LogP contribution >= 0.6 is 11.6 Å². The minimum atomic E-state index is 0.621. The van der Waals surface area contributed by atoms with Gasteiger partial charge in [0.2, 0.25) is 0 Å². The molecular weight excluding hydrogens is 250 g/mol. The van der Waals surface area contributed by atoms with Crippen molar-refractivity contribution in [3.8, 4) is 11.5 Å². The molecule has 0 atom stereocenters. The van der Waals surface area contributed by atoms with Gasteiger partial charge < -0.3 is 14.8 Å². The Morgan fingerprint density at radius 1 is 1.33 bits per heavy atom. The maximum atomic E-state index is 6.06. The SMILES string of the molecule is CNCc1cc(Cl)cc(OC)c1OCCC(C)C. The second-order valence-corrected chi connectivity index (χ2v) is 5.09. The Balaban J connectivity index is 2.90. The monoisotopic (exact) mass is 271 g/mol. The lowest BCUT2D eigenvalue weighted by Gasteiger charge is -2.16. The summed E-state index contributed by atoms with van der Waals surface area (Å²) < 4.78 is 11.2. The van der Waals surface area contributed by atoms with Gasteiger partial charge in [-0.3, -0.25) is 0 Å². The van der Waals surface area contributed by atoms with E-state index >= 15 is 0 Å². The van der Waals surface area contributed by atoms with Crippen LogP contribution in [0.5, 0.6) is 11.5 Å². The van der Waals surface area contributed by atoms with Crippen molar-refractivity contribution in [3.63, 3.8) is 0 Å². The van der Waals surface area contributed by atoms with E-state index in [0.717, 1.165) is 17.7 Å². The van der Waals surface area contributed by atoms with Crippen molar-refractivity contribution in [2.24, 2.45) is 5.92 Å². The molecule has 1 aromatic rings. The smallest absolute Gasteiger partial charge is 0.165 e.